The number of hydrogen-bond acceptors (Lipinski definition) is 2. The second kappa shape index (κ2) is 6.77. The van der Waals surface area contributed by atoms with E-state index in [1.165, 1.54) is 24.3 Å². The molecule has 0 spiro atoms. The van der Waals surface area contributed by atoms with Crippen LogP contribution in [-0.4, -0.2) is 13.1 Å². The number of anilines is 2. The Morgan fingerprint density at radius 2 is 1.15 bits per heavy atom. The van der Waals surface area contributed by atoms with Gasteiger partial charge in [-0.2, -0.15) is 0 Å². The van der Waals surface area contributed by atoms with Crippen LogP contribution in [-0.2, 0) is 0 Å². The third kappa shape index (κ3) is 3.99. The van der Waals surface area contributed by atoms with Gasteiger partial charge in [0.25, 0.3) is 0 Å². The summed E-state index contributed by atoms with van der Waals surface area (Å²) in [5, 5.41) is 6.77. The SMILES string of the molecule is Fc1ccc(NCCNc2ccc(F)cc2Cl)c(Cl)c1. The minimum atomic E-state index is -0.378. The van der Waals surface area contributed by atoms with Gasteiger partial charge < -0.3 is 10.6 Å². The zero-order chi connectivity index (χ0) is 14.5. The van der Waals surface area contributed by atoms with Gasteiger partial charge in [0.1, 0.15) is 11.6 Å². The maximum absolute atomic E-state index is 12.9. The van der Waals surface area contributed by atoms with Crippen molar-refractivity contribution in [3.8, 4) is 0 Å². The third-order valence-electron chi connectivity index (χ3n) is 2.62. The van der Waals surface area contributed by atoms with E-state index >= 15 is 0 Å². The summed E-state index contributed by atoms with van der Waals surface area (Å²) >= 11 is 11.8. The molecule has 0 radical (unpaired) electrons. The first kappa shape index (κ1) is 14.9. The van der Waals surface area contributed by atoms with Crippen molar-refractivity contribution in [3.63, 3.8) is 0 Å². The normalized spacial score (nSPS) is 10.4. The van der Waals surface area contributed by atoms with E-state index in [0.717, 1.165) is 0 Å². The van der Waals surface area contributed by atoms with E-state index in [1.807, 2.05) is 0 Å². The maximum Gasteiger partial charge on any atom is 0.124 e. The minimum absolute atomic E-state index is 0.324. The summed E-state index contributed by atoms with van der Waals surface area (Å²) in [6, 6.07) is 8.30. The molecule has 0 unspecified atom stereocenters. The average molecular weight is 317 g/mol. The molecule has 0 saturated heterocycles. The van der Waals surface area contributed by atoms with Crippen LogP contribution >= 0.6 is 23.2 Å². The van der Waals surface area contributed by atoms with Crippen LogP contribution in [0.3, 0.4) is 0 Å². The molecule has 0 atom stereocenters. The van der Waals surface area contributed by atoms with E-state index < -0.39 is 0 Å². The van der Waals surface area contributed by atoms with E-state index in [0.29, 0.717) is 34.5 Å². The van der Waals surface area contributed by atoms with E-state index in [-0.39, 0.29) is 11.6 Å². The Balaban J connectivity index is 1.84. The summed E-state index contributed by atoms with van der Waals surface area (Å²) in [4.78, 5) is 0. The van der Waals surface area contributed by atoms with Gasteiger partial charge in [-0.3, -0.25) is 0 Å². The molecule has 106 valence electrons. The van der Waals surface area contributed by atoms with E-state index in [2.05, 4.69) is 10.6 Å². The predicted octanol–water partition coefficient (Wildman–Crippen LogP) is 4.80. The summed E-state index contributed by atoms with van der Waals surface area (Å²) in [7, 11) is 0. The Labute approximate surface area is 125 Å². The molecule has 0 heterocycles. The highest BCUT2D eigenvalue weighted by Crippen LogP contribution is 2.23. The van der Waals surface area contributed by atoms with Crippen LogP contribution in [0, 0.1) is 11.6 Å². The molecule has 2 rings (SSSR count). The fraction of sp³-hybridized carbons (Fsp3) is 0.143. The summed E-state index contributed by atoms with van der Waals surface area (Å²) in [5.41, 5.74) is 1.31. The molecule has 2 nitrogen and oxygen atoms in total. The quantitative estimate of drug-likeness (QED) is 0.774. The summed E-state index contributed by atoms with van der Waals surface area (Å²) < 4.78 is 25.7. The van der Waals surface area contributed by atoms with Crippen LogP contribution in [0.2, 0.25) is 10.0 Å². The highest BCUT2D eigenvalue weighted by molar-refractivity contribution is 6.33. The Morgan fingerprint density at radius 3 is 1.50 bits per heavy atom. The highest BCUT2D eigenvalue weighted by Gasteiger charge is 2.03. The first-order chi connectivity index (χ1) is 9.56. The monoisotopic (exact) mass is 316 g/mol. The zero-order valence-electron chi connectivity index (χ0n) is 10.4. The second-order valence-electron chi connectivity index (χ2n) is 4.10. The molecule has 20 heavy (non-hydrogen) atoms. The molecule has 2 aromatic rings. The Kier molecular flexibility index (Phi) is 5.04. The highest BCUT2D eigenvalue weighted by atomic mass is 35.5. The summed E-state index contributed by atoms with van der Waals surface area (Å²) in [6.07, 6.45) is 0. The number of halogens is 4. The van der Waals surface area contributed by atoms with Crippen LogP contribution in [0.5, 0.6) is 0 Å². The van der Waals surface area contributed by atoms with Gasteiger partial charge in [-0.05, 0) is 36.4 Å². The molecule has 0 saturated carbocycles. The van der Waals surface area contributed by atoms with Crippen LogP contribution in [0.15, 0.2) is 36.4 Å². The number of rotatable bonds is 5. The van der Waals surface area contributed by atoms with Gasteiger partial charge in [-0.25, -0.2) is 8.78 Å². The number of benzene rings is 2. The van der Waals surface area contributed by atoms with Crippen molar-refractivity contribution in [1.29, 1.82) is 0 Å². The van der Waals surface area contributed by atoms with Crippen molar-refractivity contribution < 1.29 is 8.78 Å². The standard InChI is InChI=1S/C14H12Cl2F2N2/c15-11-7-9(17)1-3-13(11)19-5-6-20-14-4-2-10(18)8-12(14)16/h1-4,7-8,19-20H,5-6H2. The first-order valence-electron chi connectivity index (χ1n) is 5.94. The van der Waals surface area contributed by atoms with Gasteiger partial charge in [0.15, 0.2) is 0 Å². The molecule has 6 heteroatoms. The van der Waals surface area contributed by atoms with Gasteiger partial charge in [0, 0.05) is 13.1 Å². The number of nitrogens with one attached hydrogen (secondary N) is 2. The molecule has 0 amide bonds. The lowest BCUT2D eigenvalue weighted by Gasteiger charge is -2.11. The van der Waals surface area contributed by atoms with Crippen molar-refractivity contribution in [2.24, 2.45) is 0 Å². The largest absolute Gasteiger partial charge is 0.382 e. The van der Waals surface area contributed by atoms with Crippen molar-refractivity contribution in [2.45, 2.75) is 0 Å². The van der Waals surface area contributed by atoms with Crippen LogP contribution in [0.1, 0.15) is 0 Å². The summed E-state index contributed by atoms with van der Waals surface area (Å²) in [5.74, 6) is -0.756. The van der Waals surface area contributed by atoms with Crippen LogP contribution < -0.4 is 10.6 Å². The molecule has 0 aromatic heterocycles. The Morgan fingerprint density at radius 1 is 0.750 bits per heavy atom. The molecule has 2 aromatic carbocycles. The average Bonchev–Trinajstić information content (AvgIpc) is 2.39. The predicted molar refractivity (Wildman–Crippen MR) is 79.8 cm³/mol. The number of hydrogen-bond donors (Lipinski definition) is 2. The van der Waals surface area contributed by atoms with Gasteiger partial charge in [-0.1, -0.05) is 23.2 Å². The molecular weight excluding hydrogens is 305 g/mol. The lowest BCUT2D eigenvalue weighted by Crippen LogP contribution is -2.14. The molecule has 0 fully saturated rings. The third-order valence-corrected chi connectivity index (χ3v) is 3.24. The zero-order valence-corrected chi connectivity index (χ0v) is 11.9. The smallest absolute Gasteiger partial charge is 0.124 e. The van der Waals surface area contributed by atoms with Gasteiger partial charge in [-0.15, -0.1) is 0 Å². The lowest BCUT2D eigenvalue weighted by atomic mass is 10.3. The van der Waals surface area contributed by atoms with Crippen molar-refractivity contribution >= 4 is 34.6 Å². The summed E-state index contributed by atoms with van der Waals surface area (Å²) in [6.45, 7) is 1.11. The fourth-order valence-electron chi connectivity index (χ4n) is 1.66. The molecule has 0 bridgehead atoms. The van der Waals surface area contributed by atoms with Gasteiger partial charge >= 0.3 is 0 Å². The maximum atomic E-state index is 12.9. The topological polar surface area (TPSA) is 24.1 Å². The lowest BCUT2D eigenvalue weighted by molar-refractivity contribution is 0.627. The van der Waals surface area contributed by atoms with Crippen molar-refractivity contribution in [3.05, 3.63) is 58.1 Å². The molecular formula is C14H12Cl2F2N2. The second-order valence-corrected chi connectivity index (χ2v) is 4.92. The molecule has 0 aliphatic heterocycles. The van der Waals surface area contributed by atoms with Crippen LogP contribution in [0.4, 0.5) is 20.2 Å². The van der Waals surface area contributed by atoms with Crippen LogP contribution in [0.25, 0.3) is 0 Å². The van der Waals surface area contributed by atoms with Gasteiger partial charge in [0.2, 0.25) is 0 Å². The fourth-order valence-corrected chi connectivity index (χ4v) is 2.13. The van der Waals surface area contributed by atoms with E-state index in [1.54, 1.807) is 12.1 Å². The Hall–Kier alpha value is -1.52. The van der Waals surface area contributed by atoms with Crippen molar-refractivity contribution in [1.82, 2.24) is 0 Å². The molecule has 0 aliphatic carbocycles. The van der Waals surface area contributed by atoms with E-state index in [9.17, 15) is 8.78 Å². The van der Waals surface area contributed by atoms with Gasteiger partial charge in [0.05, 0.1) is 21.4 Å². The minimum Gasteiger partial charge on any atom is -0.382 e. The molecule has 2 N–H and O–H groups in total. The Bertz CT molecular complexity index is 552. The first-order valence-corrected chi connectivity index (χ1v) is 6.70. The molecule has 0 aliphatic rings. The van der Waals surface area contributed by atoms with E-state index in [4.69, 9.17) is 23.2 Å². The van der Waals surface area contributed by atoms with Crippen molar-refractivity contribution in [2.75, 3.05) is 23.7 Å².